The van der Waals surface area contributed by atoms with Crippen LogP contribution in [0.4, 0.5) is 0 Å². The summed E-state index contributed by atoms with van der Waals surface area (Å²) in [7, 11) is 0. The quantitative estimate of drug-likeness (QED) is 0.139. The third-order valence-corrected chi connectivity index (χ3v) is 8.61. The summed E-state index contributed by atoms with van der Waals surface area (Å²) in [6.07, 6.45) is -0.655. The second-order valence-electron chi connectivity index (χ2n) is 11.8. The number of hydrogen-bond acceptors (Lipinski definition) is 7. The van der Waals surface area contributed by atoms with Gasteiger partial charge in [0, 0.05) is 21.4 Å². The molecule has 250 valence electrons. The van der Waals surface area contributed by atoms with E-state index in [1.54, 1.807) is 102 Å². The van der Waals surface area contributed by atoms with Crippen molar-refractivity contribution in [2.75, 3.05) is 0 Å². The van der Waals surface area contributed by atoms with Crippen molar-refractivity contribution in [2.24, 2.45) is 0 Å². The number of nitrogens with zero attached hydrogens (tertiary/aromatic N) is 2. The van der Waals surface area contributed by atoms with Crippen LogP contribution in [0.2, 0.25) is 0 Å². The fraction of sp³-hybridized carbons (Fsp3) is 0.257. The third kappa shape index (κ3) is 6.83. The molecule has 2 heterocycles. The number of halogens is 2. The summed E-state index contributed by atoms with van der Waals surface area (Å²) in [5.41, 5.74) is 1.83. The molecule has 0 atom stereocenters. The van der Waals surface area contributed by atoms with Gasteiger partial charge in [-0.3, -0.25) is 19.8 Å². The van der Waals surface area contributed by atoms with Crippen LogP contribution in [0.5, 0.6) is 5.75 Å². The molecule has 3 N–H and O–H groups in total. The Morgan fingerprint density at radius 1 is 0.729 bits per heavy atom. The molecule has 0 fully saturated rings. The van der Waals surface area contributed by atoms with E-state index in [0.717, 1.165) is 0 Å². The molecule has 3 aromatic carbocycles. The summed E-state index contributed by atoms with van der Waals surface area (Å²) < 4.78 is 14.2. The van der Waals surface area contributed by atoms with Gasteiger partial charge in [0.05, 0.1) is 56.2 Å². The third-order valence-electron chi connectivity index (χ3n) is 7.55. The Labute approximate surface area is 292 Å². The van der Waals surface area contributed by atoms with Gasteiger partial charge in [-0.05, 0) is 106 Å². The lowest BCUT2D eigenvalue weighted by molar-refractivity contribution is 0.0367. The minimum absolute atomic E-state index is 0.154. The van der Waals surface area contributed by atoms with Crippen LogP contribution in [0, 0.1) is 13.8 Å². The topological polar surface area (TPSA) is 148 Å². The minimum Gasteiger partial charge on any atom is -0.506 e. The average Bonchev–Trinajstić information content (AvgIpc) is 3.49. The molecule has 0 amide bonds. The van der Waals surface area contributed by atoms with E-state index in [0.29, 0.717) is 31.7 Å². The summed E-state index contributed by atoms with van der Waals surface area (Å²) in [6.45, 7) is 10.4. The Hall–Kier alpha value is -4.62. The molecular formula is C35H34Br2N4O7. The molecule has 5 rings (SSSR count). The van der Waals surface area contributed by atoms with Crippen LogP contribution in [0.3, 0.4) is 0 Å². The number of rotatable bonds is 9. The SMILES string of the molecule is Cc1[nH]n(-c2cccc(C(=O)OC(C)C)c2)c(=O)c1C(c1cc(Br)cc(Br)c1O)c1c(C)[nH]n(-c2cccc(C(=O)OC(C)C)c2)c1=O. The van der Waals surface area contributed by atoms with Crippen molar-refractivity contribution in [3.05, 3.63) is 130 Å². The fourth-order valence-electron chi connectivity index (χ4n) is 5.53. The van der Waals surface area contributed by atoms with Gasteiger partial charge in [-0.1, -0.05) is 28.1 Å². The molecular weight excluding hydrogens is 748 g/mol. The van der Waals surface area contributed by atoms with Crippen LogP contribution in [0.15, 0.2) is 79.2 Å². The van der Waals surface area contributed by atoms with Crippen LogP contribution >= 0.6 is 31.9 Å². The number of nitrogens with one attached hydrogen (secondary N) is 2. The number of phenolic OH excluding ortho intramolecular Hbond substituents is 1. The van der Waals surface area contributed by atoms with Crippen molar-refractivity contribution in [1.82, 2.24) is 19.6 Å². The van der Waals surface area contributed by atoms with Gasteiger partial charge in [0.1, 0.15) is 5.75 Å². The van der Waals surface area contributed by atoms with Crippen LogP contribution in [0.1, 0.15) is 82.4 Å². The van der Waals surface area contributed by atoms with Gasteiger partial charge in [0.2, 0.25) is 0 Å². The first-order valence-electron chi connectivity index (χ1n) is 15.1. The number of aromatic hydroxyl groups is 1. The summed E-state index contributed by atoms with van der Waals surface area (Å²) in [6, 6.07) is 16.2. The van der Waals surface area contributed by atoms with Gasteiger partial charge >= 0.3 is 11.9 Å². The number of carbonyl (C=O) groups excluding carboxylic acids is 2. The van der Waals surface area contributed by atoms with Gasteiger partial charge in [0.25, 0.3) is 11.1 Å². The predicted octanol–water partition coefficient (Wildman–Crippen LogP) is 6.80. The normalized spacial score (nSPS) is 11.5. The first-order chi connectivity index (χ1) is 22.7. The molecule has 0 radical (unpaired) electrons. The van der Waals surface area contributed by atoms with Gasteiger partial charge in [-0.2, -0.15) is 0 Å². The van der Waals surface area contributed by atoms with Crippen molar-refractivity contribution in [3.63, 3.8) is 0 Å². The number of aromatic nitrogens is 4. The lowest BCUT2D eigenvalue weighted by Gasteiger charge is -2.18. The molecule has 5 aromatic rings. The number of hydrogen-bond donors (Lipinski definition) is 3. The van der Waals surface area contributed by atoms with E-state index < -0.39 is 29.0 Å². The molecule has 0 aliphatic heterocycles. The zero-order chi connectivity index (χ0) is 35.0. The number of ether oxygens (including phenoxy) is 2. The molecule has 0 aliphatic carbocycles. The van der Waals surface area contributed by atoms with Crippen LogP contribution in [-0.2, 0) is 9.47 Å². The molecule has 0 spiro atoms. The maximum absolute atomic E-state index is 14.4. The number of benzene rings is 3. The molecule has 0 aliphatic rings. The van der Waals surface area contributed by atoms with E-state index in [2.05, 4.69) is 42.1 Å². The molecule has 48 heavy (non-hydrogen) atoms. The van der Waals surface area contributed by atoms with E-state index in [9.17, 15) is 24.3 Å². The number of phenols is 1. The van der Waals surface area contributed by atoms with Gasteiger partial charge in [-0.25, -0.2) is 19.0 Å². The average molecular weight is 782 g/mol. The summed E-state index contributed by atoms with van der Waals surface area (Å²) in [5.74, 6) is -2.28. The largest absolute Gasteiger partial charge is 0.506 e. The maximum Gasteiger partial charge on any atom is 0.338 e. The van der Waals surface area contributed by atoms with Crippen molar-refractivity contribution < 1.29 is 24.2 Å². The van der Waals surface area contributed by atoms with Crippen molar-refractivity contribution in [1.29, 1.82) is 0 Å². The highest BCUT2D eigenvalue weighted by molar-refractivity contribution is 9.11. The van der Waals surface area contributed by atoms with Gasteiger partial charge < -0.3 is 14.6 Å². The molecule has 0 bridgehead atoms. The second kappa shape index (κ2) is 13.9. The van der Waals surface area contributed by atoms with E-state index in [4.69, 9.17) is 9.47 Å². The number of esters is 2. The maximum atomic E-state index is 14.4. The first kappa shape index (κ1) is 34.7. The van der Waals surface area contributed by atoms with E-state index >= 15 is 0 Å². The smallest absolute Gasteiger partial charge is 0.338 e. The number of H-pyrrole nitrogens is 2. The summed E-state index contributed by atoms with van der Waals surface area (Å²) in [5, 5.41) is 17.5. The monoisotopic (exact) mass is 780 g/mol. The Balaban J connectivity index is 1.72. The highest BCUT2D eigenvalue weighted by Gasteiger charge is 2.33. The zero-order valence-corrected chi connectivity index (χ0v) is 30.2. The Morgan fingerprint density at radius 2 is 1.17 bits per heavy atom. The molecule has 11 nitrogen and oxygen atoms in total. The van der Waals surface area contributed by atoms with Crippen LogP contribution in [-0.4, -0.2) is 48.8 Å². The van der Waals surface area contributed by atoms with E-state index in [1.807, 2.05) is 0 Å². The lowest BCUT2D eigenvalue weighted by atomic mass is 9.85. The van der Waals surface area contributed by atoms with E-state index in [-0.39, 0.29) is 45.8 Å². The number of carbonyl (C=O) groups is 2. The van der Waals surface area contributed by atoms with Gasteiger partial charge in [0.15, 0.2) is 0 Å². The second-order valence-corrected chi connectivity index (χ2v) is 13.6. The van der Waals surface area contributed by atoms with Gasteiger partial charge in [-0.15, -0.1) is 0 Å². The predicted molar refractivity (Wildman–Crippen MR) is 188 cm³/mol. The van der Waals surface area contributed by atoms with Crippen LogP contribution < -0.4 is 11.1 Å². The van der Waals surface area contributed by atoms with Crippen molar-refractivity contribution in [2.45, 2.75) is 59.7 Å². The highest BCUT2D eigenvalue weighted by atomic mass is 79.9. The lowest BCUT2D eigenvalue weighted by Crippen LogP contribution is -2.25. The van der Waals surface area contributed by atoms with Crippen molar-refractivity contribution >= 4 is 43.8 Å². The first-order valence-corrected chi connectivity index (χ1v) is 16.7. The Bertz CT molecular complexity index is 2030. The molecule has 0 unspecified atom stereocenters. The summed E-state index contributed by atoms with van der Waals surface area (Å²) >= 11 is 6.88. The highest BCUT2D eigenvalue weighted by Crippen LogP contribution is 2.42. The van der Waals surface area contributed by atoms with Crippen LogP contribution in [0.25, 0.3) is 11.4 Å². The molecule has 13 heteroatoms. The molecule has 0 saturated heterocycles. The molecule has 2 aromatic heterocycles. The summed E-state index contributed by atoms with van der Waals surface area (Å²) in [4.78, 5) is 54.0. The Morgan fingerprint density at radius 3 is 1.58 bits per heavy atom. The number of aromatic amines is 2. The fourth-order valence-corrected chi connectivity index (χ4v) is 6.79. The number of aryl methyl sites for hydroxylation is 2. The minimum atomic E-state index is -1.06. The standard InChI is InChI=1S/C35H34Br2N4O7/c1-17(2)47-34(45)21-9-7-11-24(13-21)40-32(43)28(19(5)38-40)30(26-15-23(36)16-27(37)31(26)42)29-20(6)39-41(33(29)44)25-12-8-10-22(14-25)35(46)48-18(3)4/h7-18,30,38-39,42H,1-6H3. The zero-order valence-electron chi connectivity index (χ0n) is 27.1. The molecule has 0 saturated carbocycles. The van der Waals surface area contributed by atoms with Crippen molar-refractivity contribution in [3.8, 4) is 17.1 Å². The Kier molecular flexibility index (Phi) is 10.0. The van der Waals surface area contributed by atoms with E-state index in [1.165, 1.54) is 9.36 Å².